The molecule has 1 N–H and O–H groups in total. The van der Waals surface area contributed by atoms with Gasteiger partial charge in [-0.1, -0.05) is 12.1 Å². The zero-order valence-corrected chi connectivity index (χ0v) is 16.4. The van der Waals surface area contributed by atoms with Crippen molar-refractivity contribution in [1.82, 2.24) is 4.90 Å². The Balaban J connectivity index is 1.99. The van der Waals surface area contributed by atoms with Crippen LogP contribution in [0.2, 0.25) is 0 Å². The normalized spacial score (nSPS) is 10.9. The first-order valence-corrected chi connectivity index (χ1v) is 8.68. The van der Waals surface area contributed by atoms with Gasteiger partial charge in [0.2, 0.25) is 5.91 Å². The second kappa shape index (κ2) is 9.78. The van der Waals surface area contributed by atoms with Crippen LogP contribution in [-0.2, 0) is 15.8 Å². The van der Waals surface area contributed by atoms with Gasteiger partial charge in [0.25, 0.3) is 11.6 Å². The molecule has 0 spiro atoms. The molecule has 0 fully saturated rings. The molecule has 0 aliphatic rings. The third kappa shape index (κ3) is 6.32. The number of alkyl halides is 3. The lowest BCUT2D eigenvalue weighted by Crippen LogP contribution is -2.37. The molecule has 2 amide bonds. The Morgan fingerprint density at radius 2 is 1.84 bits per heavy atom. The molecule has 0 saturated carbocycles. The van der Waals surface area contributed by atoms with Gasteiger partial charge in [0, 0.05) is 13.1 Å². The Hall–Kier alpha value is -3.83. The molecule has 0 heterocycles. The van der Waals surface area contributed by atoms with Crippen molar-refractivity contribution in [3.05, 3.63) is 58.1 Å². The number of amides is 2. The highest BCUT2D eigenvalue weighted by Crippen LogP contribution is 2.34. The molecule has 0 unspecified atom stereocenters. The van der Waals surface area contributed by atoms with Crippen molar-refractivity contribution in [3.8, 4) is 11.5 Å². The van der Waals surface area contributed by atoms with Gasteiger partial charge in [0.15, 0.2) is 18.1 Å². The molecule has 9 nitrogen and oxygen atoms in total. The van der Waals surface area contributed by atoms with Crippen LogP contribution in [0.1, 0.15) is 5.56 Å². The first-order valence-electron chi connectivity index (χ1n) is 8.68. The highest BCUT2D eigenvalue weighted by molar-refractivity contribution is 5.95. The minimum absolute atomic E-state index is 0.0537. The van der Waals surface area contributed by atoms with Crippen LogP contribution in [0.5, 0.6) is 11.5 Å². The van der Waals surface area contributed by atoms with Crippen LogP contribution in [0.25, 0.3) is 0 Å². The molecule has 12 heteroatoms. The quantitative estimate of drug-likeness (QED) is 0.498. The summed E-state index contributed by atoms with van der Waals surface area (Å²) in [6, 6.07) is 8.02. The number of ether oxygens (including phenoxy) is 2. The van der Waals surface area contributed by atoms with E-state index < -0.39 is 47.3 Å². The Morgan fingerprint density at radius 1 is 1.16 bits per heavy atom. The van der Waals surface area contributed by atoms with E-state index in [-0.39, 0.29) is 17.2 Å². The van der Waals surface area contributed by atoms with E-state index in [1.165, 1.54) is 38.4 Å². The van der Waals surface area contributed by atoms with E-state index in [4.69, 9.17) is 9.47 Å². The summed E-state index contributed by atoms with van der Waals surface area (Å²) >= 11 is 0. The molecule has 0 saturated heterocycles. The van der Waals surface area contributed by atoms with Crippen molar-refractivity contribution in [2.75, 3.05) is 32.6 Å². The van der Waals surface area contributed by atoms with E-state index in [2.05, 4.69) is 5.32 Å². The van der Waals surface area contributed by atoms with Gasteiger partial charge in [0.05, 0.1) is 35.9 Å². The van der Waals surface area contributed by atoms with Gasteiger partial charge < -0.3 is 19.7 Å². The predicted molar refractivity (Wildman–Crippen MR) is 103 cm³/mol. The lowest BCUT2D eigenvalue weighted by molar-refractivity contribution is -0.385. The fourth-order valence-corrected chi connectivity index (χ4v) is 2.47. The Labute approximate surface area is 174 Å². The zero-order chi connectivity index (χ0) is 23.2. The van der Waals surface area contributed by atoms with Crippen LogP contribution in [-0.4, -0.2) is 48.9 Å². The average molecular weight is 441 g/mol. The fourth-order valence-electron chi connectivity index (χ4n) is 2.47. The molecular weight excluding hydrogens is 423 g/mol. The molecule has 31 heavy (non-hydrogen) atoms. The highest BCUT2D eigenvalue weighted by Gasteiger charge is 2.33. The van der Waals surface area contributed by atoms with E-state index in [1.54, 1.807) is 0 Å². The number of nitrogens with zero attached hydrogens (tertiary/aromatic N) is 2. The number of nitro groups is 1. The number of carbonyl (C=O) groups excluding carboxylic acids is 2. The highest BCUT2D eigenvalue weighted by atomic mass is 19.4. The summed E-state index contributed by atoms with van der Waals surface area (Å²) < 4.78 is 49.3. The monoisotopic (exact) mass is 441 g/mol. The molecular formula is C19H18F3N3O6. The van der Waals surface area contributed by atoms with Crippen molar-refractivity contribution in [2.45, 2.75) is 6.18 Å². The standard InChI is InChI=1S/C19H18F3N3O6/c1-24(10-17(26)23-14-6-4-3-5-13(14)19(20,21)22)18(27)11-31-16-9-12(25(28)29)7-8-15(16)30-2/h3-9H,10-11H2,1-2H3,(H,23,26). The van der Waals surface area contributed by atoms with E-state index in [1.807, 2.05) is 0 Å². The number of non-ortho nitro benzene ring substituents is 1. The second-order valence-electron chi connectivity index (χ2n) is 6.22. The molecule has 2 aromatic carbocycles. The minimum Gasteiger partial charge on any atom is -0.493 e. The average Bonchev–Trinajstić information content (AvgIpc) is 2.71. The summed E-state index contributed by atoms with van der Waals surface area (Å²) in [7, 11) is 2.57. The van der Waals surface area contributed by atoms with Crippen molar-refractivity contribution in [3.63, 3.8) is 0 Å². The van der Waals surface area contributed by atoms with Crippen molar-refractivity contribution >= 4 is 23.2 Å². The molecule has 2 rings (SSSR count). The SMILES string of the molecule is COc1ccc([N+](=O)[O-])cc1OCC(=O)N(C)CC(=O)Nc1ccccc1C(F)(F)F. The number of anilines is 1. The lowest BCUT2D eigenvalue weighted by atomic mass is 10.1. The number of rotatable bonds is 8. The first kappa shape index (κ1) is 23.4. The molecule has 0 aromatic heterocycles. The number of nitro benzene ring substituents is 1. The summed E-state index contributed by atoms with van der Waals surface area (Å²) in [5.74, 6) is -1.43. The number of carbonyl (C=O) groups is 2. The van der Waals surface area contributed by atoms with Crippen molar-refractivity contribution < 1.29 is 37.2 Å². The lowest BCUT2D eigenvalue weighted by Gasteiger charge is -2.19. The van der Waals surface area contributed by atoms with Gasteiger partial charge in [-0.25, -0.2) is 0 Å². The van der Waals surface area contributed by atoms with Crippen LogP contribution < -0.4 is 14.8 Å². The van der Waals surface area contributed by atoms with E-state index in [0.29, 0.717) is 0 Å². The maximum absolute atomic E-state index is 13.0. The Bertz CT molecular complexity index is 981. The van der Waals surface area contributed by atoms with Gasteiger partial charge in [-0.15, -0.1) is 0 Å². The number of likely N-dealkylation sites (N-methyl/N-ethyl adjacent to an activating group) is 1. The van der Waals surface area contributed by atoms with Gasteiger partial charge in [-0.2, -0.15) is 13.2 Å². The van der Waals surface area contributed by atoms with E-state index in [0.717, 1.165) is 23.1 Å². The van der Waals surface area contributed by atoms with E-state index in [9.17, 15) is 32.9 Å². The topological polar surface area (TPSA) is 111 Å². The van der Waals surface area contributed by atoms with Gasteiger partial charge in [0.1, 0.15) is 0 Å². The van der Waals surface area contributed by atoms with Crippen molar-refractivity contribution in [1.29, 1.82) is 0 Å². The largest absolute Gasteiger partial charge is 0.493 e. The summed E-state index contributed by atoms with van der Waals surface area (Å²) in [6.07, 6.45) is -4.66. The minimum atomic E-state index is -4.66. The van der Waals surface area contributed by atoms with Gasteiger partial charge in [-0.05, 0) is 18.2 Å². The van der Waals surface area contributed by atoms with Crippen molar-refractivity contribution in [2.24, 2.45) is 0 Å². The summed E-state index contributed by atoms with van der Waals surface area (Å²) in [5, 5.41) is 13.0. The number of nitrogens with one attached hydrogen (secondary N) is 1. The van der Waals surface area contributed by atoms with Gasteiger partial charge >= 0.3 is 6.18 Å². The number of halogens is 3. The molecule has 166 valence electrons. The number of hydrogen-bond donors (Lipinski definition) is 1. The van der Waals surface area contributed by atoms with Crippen LogP contribution in [0.15, 0.2) is 42.5 Å². The van der Waals surface area contributed by atoms with Crippen LogP contribution in [0.3, 0.4) is 0 Å². The zero-order valence-electron chi connectivity index (χ0n) is 16.4. The number of methoxy groups -OCH3 is 1. The third-order valence-electron chi connectivity index (χ3n) is 4.02. The number of para-hydroxylation sites is 1. The third-order valence-corrected chi connectivity index (χ3v) is 4.02. The molecule has 2 aromatic rings. The number of benzene rings is 2. The second-order valence-corrected chi connectivity index (χ2v) is 6.22. The molecule has 0 atom stereocenters. The fraction of sp³-hybridized carbons (Fsp3) is 0.263. The smallest absolute Gasteiger partial charge is 0.418 e. The predicted octanol–water partition coefficient (Wildman–Crippen LogP) is 3.10. The summed E-state index contributed by atoms with van der Waals surface area (Å²) in [5.41, 5.74) is -1.73. The van der Waals surface area contributed by atoms with Crippen LogP contribution in [0.4, 0.5) is 24.5 Å². The molecule has 0 bridgehead atoms. The molecule has 0 aliphatic heterocycles. The number of hydrogen-bond acceptors (Lipinski definition) is 6. The summed E-state index contributed by atoms with van der Waals surface area (Å²) in [4.78, 5) is 35.5. The maximum atomic E-state index is 13.0. The Morgan fingerprint density at radius 3 is 2.45 bits per heavy atom. The van der Waals surface area contributed by atoms with Crippen LogP contribution in [0, 0.1) is 10.1 Å². The van der Waals surface area contributed by atoms with E-state index >= 15 is 0 Å². The molecule has 0 aliphatic carbocycles. The molecule has 0 radical (unpaired) electrons. The Kier molecular flexibility index (Phi) is 7.40. The first-order chi connectivity index (χ1) is 14.5. The van der Waals surface area contributed by atoms with Crippen LogP contribution >= 0.6 is 0 Å². The maximum Gasteiger partial charge on any atom is 0.418 e. The summed E-state index contributed by atoms with van der Waals surface area (Å²) in [6.45, 7) is -1.12. The van der Waals surface area contributed by atoms with Gasteiger partial charge in [-0.3, -0.25) is 19.7 Å².